The fourth-order valence-electron chi connectivity index (χ4n) is 8.28. The molecule has 196 valence electrons. The Morgan fingerprint density at radius 1 is 1.29 bits per heavy atom. The lowest BCUT2D eigenvalue weighted by Crippen LogP contribution is -2.78. The number of hydrogen-bond donors (Lipinski definition) is 5. The summed E-state index contributed by atoms with van der Waals surface area (Å²) in [5.41, 5.74) is -3.29. The zero-order valence-electron chi connectivity index (χ0n) is 20.7. The first kappa shape index (κ1) is 25.1. The Kier molecular flexibility index (Phi) is 5.37. The van der Waals surface area contributed by atoms with E-state index in [4.69, 9.17) is 14.2 Å². The van der Waals surface area contributed by atoms with Crippen LogP contribution in [0.1, 0.15) is 47.5 Å². The van der Waals surface area contributed by atoms with Crippen LogP contribution in [0.4, 0.5) is 0 Å². The highest BCUT2D eigenvalue weighted by Gasteiger charge is 2.83. The van der Waals surface area contributed by atoms with Crippen molar-refractivity contribution in [2.45, 2.75) is 89.4 Å². The number of allylic oxidation sites excluding steroid dienone is 1. The molecule has 2 saturated heterocycles. The topological polar surface area (TPSA) is 163 Å². The van der Waals surface area contributed by atoms with Crippen LogP contribution in [0.25, 0.3) is 0 Å². The average molecular weight is 497 g/mol. The van der Waals surface area contributed by atoms with Crippen LogP contribution in [0.5, 0.6) is 0 Å². The molecule has 7 unspecified atom stereocenters. The summed E-state index contributed by atoms with van der Waals surface area (Å²) in [6.07, 6.45) is -4.18. The molecule has 3 aliphatic carbocycles. The number of fused-ring (bicyclic) bond motifs is 1. The van der Waals surface area contributed by atoms with Gasteiger partial charge in [-0.05, 0) is 38.5 Å². The Morgan fingerprint density at radius 3 is 2.57 bits per heavy atom. The third-order valence-corrected chi connectivity index (χ3v) is 10.2. The molecule has 2 bridgehead atoms. The van der Waals surface area contributed by atoms with Crippen LogP contribution in [-0.4, -0.2) is 86.0 Å². The molecule has 2 heterocycles. The van der Waals surface area contributed by atoms with E-state index >= 15 is 0 Å². The Hall–Kier alpha value is -1.56. The molecule has 5 N–H and O–H groups in total. The number of carbonyl (C=O) groups is 2. The first-order valence-electron chi connectivity index (χ1n) is 12.4. The van der Waals surface area contributed by atoms with Gasteiger partial charge in [0.25, 0.3) is 0 Å². The van der Waals surface area contributed by atoms with E-state index in [9.17, 15) is 35.1 Å². The molecule has 0 aromatic rings. The average Bonchev–Trinajstić information content (AvgIpc) is 3.08. The van der Waals surface area contributed by atoms with Crippen LogP contribution in [0, 0.1) is 34.5 Å². The van der Waals surface area contributed by atoms with Crippen LogP contribution in [0.3, 0.4) is 0 Å². The van der Waals surface area contributed by atoms with Crippen LogP contribution >= 0.6 is 0 Å². The molecule has 2 aliphatic heterocycles. The summed E-state index contributed by atoms with van der Waals surface area (Å²) >= 11 is 0. The number of aliphatic hydroxyl groups is 5. The molecule has 5 rings (SSSR count). The number of rotatable bonds is 3. The first-order chi connectivity index (χ1) is 16.2. The van der Waals surface area contributed by atoms with E-state index < -0.39 is 82.4 Å². The van der Waals surface area contributed by atoms with Crippen molar-refractivity contribution in [1.29, 1.82) is 0 Å². The molecule has 4 fully saturated rings. The second-order valence-electron chi connectivity index (χ2n) is 11.8. The van der Waals surface area contributed by atoms with Crippen molar-refractivity contribution in [3.8, 4) is 0 Å². The van der Waals surface area contributed by atoms with Gasteiger partial charge in [0.2, 0.25) is 6.10 Å². The van der Waals surface area contributed by atoms with Crippen molar-refractivity contribution >= 4 is 11.9 Å². The molecule has 35 heavy (non-hydrogen) atoms. The fraction of sp³-hybridized carbons (Fsp3) is 0.840. The Labute approximate surface area is 203 Å². The van der Waals surface area contributed by atoms with E-state index in [0.29, 0.717) is 6.42 Å². The van der Waals surface area contributed by atoms with Gasteiger partial charge in [-0.2, -0.15) is 0 Å². The summed E-state index contributed by atoms with van der Waals surface area (Å²) in [5.74, 6) is -6.72. The maximum absolute atomic E-state index is 13.3. The Bertz CT molecular complexity index is 977. The minimum Gasteiger partial charge on any atom is -0.459 e. The maximum Gasteiger partial charge on any atom is 0.348 e. The first-order valence-corrected chi connectivity index (χ1v) is 12.4. The summed E-state index contributed by atoms with van der Waals surface area (Å²) < 4.78 is 17.4. The predicted molar refractivity (Wildman–Crippen MR) is 118 cm³/mol. The van der Waals surface area contributed by atoms with Gasteiger partial charge in [-0.3, -0.25) is 0 Å². The van der Waals surface area contributed by atoms with Gasteiger partial charge in [0.1, 0.15) is 12.2 Å². The molecular formula is C25H36O10. The second kappa shape index (κ2) is 7.49. The molecule has 0 aromatic heterocycles. The van der Waals surface area contributed by atoms with E-state index in [1.165, 1.54) is 6.92 Å². The lowest BCUT2D eigenvalue weighted by Gasteiger charge is -2.68. The minimum atomic E-state index is -2.08. The summed E-state index contributed by atoms with van der Waals surface area (Å²) in [5, 5.41) is 55.6. The summed E-state index contributed by atoms with van der Waals surface area (Å²) in [7, 11) is 0. The van der Waals surface area contributed by atoms with E-state index in [1.54, 1.807) is 26.8 Å². The monoisotopic (exact) mass is 496 g/mol. The lowest BCUT2D eigenvalue weighted by atomic mass is 9.38. The Balaban J connectivity index is 1.68. The molecule has 0 amide bonds. The minimum absolute atomic E-state index is 0.0607. The van der Waals surface area contributed by atoms with Gasteiger partial charge >= 0.3 is 11.9 Å². The number of aliphatic hydroxyl groups excluding tert-OH is 3. The van der Waals surface area contributed by atoms with E-state index in [0.717, 1.165) is 5.57 Å². The largest absolute Gasteiger partial charge is 0.459 e. The zero-order chi connectivity index (χ0) is 25.9. The van der Waals surface area contributed by atoms with Gasteiger partial charge in [-0.15, -0.1) is 0 Å². The molecular weight excluding hydrogens is 460 g/mol. The maximum atomic E-state index is 13.3. The van der Waals surface area contributed by atoms with Gasteiger partial charge in [-0.25, -0.2) is 9.59 Å². The number of hydrogen-bond acceptors (Lipinski definition) is 10. The smallest absolute Gasteiger partial charge is 0.348 e. The van der Waals surface area contributed by atoms with Crippen LogP contribution in [0.2, 0.25) is 0 Å². The molecule has 1 spiro atoms. The SMILES string of the molecule is CCC(C)(O)C(=O)OC1C(=O)OC2CC3C(C)=C[C@H](O)[C@@H](O)[C@]3(C)C3C24CO[C@]3(O)[C@H](O)[C@H](C)C14. The standard InChI is InChI=1S/C25H36O10/c1-6-22(4,31)21(30)35-16-15-11(3)17(27)25(32)20-23(5)12(10(2)7-13(26)18(23)28)8-14(34-19(16)29)24(15,20)9-33-25/h7,11-18,20,26-28,31-32H,6,8-9H2,1-5H3/t11-,12?,13+,14?,15?,16?,17-,18-,20?,22?,23-,24?,25-/m1/s1. The lowest BCUT2D eigenvalue weighted by molar-refractivity contribution is -0.345. The highest BCUT2D eigenvalue weighted by atomic mass is 16.7. The van der Waals surface area contributed by atoms with Crippen molar-refractivity contribution < 1.29 is 49.3 Å². The molecule has 5 aliphatic rings. The molecule has 10 heteroatoms. The molecule has 0 radical (unpaired) electrons. The highest BCUT2D eigenvalue weighted by molar-refractivity contribution is 5.84. The summed E-state index contributed by atoms with van der Waals surface area (Å²) in [4.78, 5) is 26.1. The van der Waals surface area contributed by atoms with Gasteiger partial charge in [-0.1, -0.05) is 32.4 Å². The Morgan fingerprint density at radius 2 is 1.94 bits per heavy atom. The van der Waals surface area contributed by atoms with Crippen molar-refractivity contribution in [3.63, 3.8) is 0 Å². The van der Waals surface area contributed by atoms with Crippen molar-refractivity contribution in [3.05, 3.63) is 11.6 Å². The quantitative estimate of drug-likeness (QED) is 0.258. The fourth-order valence-corrected chi connectivity index (χ4v) is 8.28. The van der Waals surface area contributed by atoms with Gasteiger partial charge in [0.15, 0.2) is 11.4 Å². The number of carbonyl (C=O) groups excluding carboxylic acids is 2. The number of esters is 2. The third-order valence-electron chi connectivity index (χ3n) is 10.2. The molecule has 13 atom stereocenters. The number of ether oxygens (including phenoxy) is 3. The predicted octanol–water partition coefficient (Wildman–Crippen LogP) is -0.359. The van der Waals surface area contributed by atoms with E-state index in [2.05, 4.69) is 0 Å². The van der Waals surface area contributed by atoms with Crippen LogP contribution in [0.15, 0.2) is 11.6 Å². The molecule has 0 aromatic carbocycles. The van der Waals surface area contributed by atoms with Gasteiger partial charge in [0, 0.05) is 22.7 Å². The molecule has 10 nitrogen and oxygen atoms in total. The second-order valence-corrected chi connectivity index (χ2v) is 11.8. The van der Waals surface area contributed by atoms with E-state index in [1.807, 2.05) is 6.92 Å². The van der Waals surface area contributed by atoms with Crippen molar-refractivity contribution in [2.24, 2.45) is 34.5 Å². The highest BCUT2D eigenvalue weighted by Crippen LogP contribution is 2.74. The third kappa shape index (κ3) is 2.86. The molecule has 2 saturated carbocycles. The summed E-state index contributed by atoms with van der Waals surface area (Å²) in [6, 6.07) is 0. The van der Waals surface area contributed by atoms with Gasteiger partial charge < -0.3 is 39.7 Å². The van der Waals surface area contributed by atoms with Crippen LogP contribution < -0.4 is 0 Å². The zero-order valence-corrected chi connectivity index (χ0v) is 20.7. The van der Waals surface area contributed by atoms with Gasteiger partial charge in [0.05, 0.1) is 18.8 Å². The normalized spacial score (nSPS) is 54.1. The summed E-state index contributed by atoms with van der Waals surface area (Å²) in [6.45, 7) is 8.06. The van der Waals surface area contributed by atoms with Crippen LogP contribution in [-0.2, 0) is 23.8 Å². The van der Waals surface area contributed by atoms with Crippen molar-refractivity contribution in [1.82, 2.24) is 0 Å². The van der Waals surface area contributed by atoms with Crippen molar-refractivity contribution in [2.75, 3.05) is 6.61 Å². The van der Waals surface area contributed by atoms with E-state index in [-0.39, 0.29) is 18.9 Å².